The normalized spacial score (nSPS) is 10.7. The van der Waals surface area contributed by atoms with Gasteiger partial charge in [-0.2, -0.15) is 0 Å². The van der Waals surface area contributed by atoms with Crippen LogP contribution in [0.2, 0.25) is 10.0 Å². The van der Waals surface area contributed by atoms with Crippen LogP contribution >= 0.6 is 35.0 Å². The molecule has 0 aliphatic carbocycles. The first kappa shape index (κ1) is 27.1. The van der Waals surface area contributed by atoms with E-state index in [9.17, 15) is 24.5 Å². The van der Waals surface area contributed by atoms with Crippen molar-refractivity contribution in [2.75, 3.05) is 0 Å². The average molecular weight is 565 g/mol. The highest BCUT2D eigenvalue weighted by Crippen LogP contribution is 2.38. The summed E-state index contributed by atoms with van der Waals surface area (Å²) in [7, 11) is 0. The lowest BCUT2D eigenvalue weighted by molar-refractivity contribution is -0.387. The molecule has 38 heavy (non-hydrogen) atoms. The summed E-state index contributed by atoms with van der Waals surface area (Å²) in [5, 5.41) is 12.5. The van der Waals surface area contributed by atoms with E-state index in [0.29, 0.717) is 25.4 Å². The number of Topliss-reactive ketones (excluding diaryl/α,β-unsaturated/α-hetero) is 1. The molecular weight excluding hydrogens is 547 g/mol. The molecule has 0 saturated heterocycles. The maximum atomic E-state index is 13.4. The molecule has 0 saturated carbocycles. The van der Waals surface area contributed by atoms with E-state index in [4.69, 9.17) is 28.9 Å². The van der Waals surface area contributed by atoms with Crippen molar-refractivity contribution in [3.63, 3.8) is 0 Å². The predicted molar refractivity (Wildman–Crippen MR) is 147 cm³/mol. The first-order valence-corrected chi connectivity index (χ1v) is 12.7. The largest absolute Gasteiger partial charge is 0.366 e. The van der Waals surface area contributed by atoms with Gasteiger partial charge in [0.1, 0.15) is 0 Å². The molecule has 10 heteroatoms. The van der Waals surface area contributed by atoms with Gasteiger partial charge in [0.2, 0.25) is 5.91 Å². The van der Waals surface area contributed by atoms with Crippen LogP contribution in [0, 0.1) is 10.1 Å². The third-order valence-corrected chi connectivity index (χ3v) is 7.38. The van der Waals surface area contributed by atoms with Gasteiger partial charge in [0.15, 0.2) is 11.6 Å². The number of primary amides is 1. The van der Waals surface area contributed by atoms with Crippen molar-refractivity contribution in [2.45, 2.75) is 16.2 Å². The molecule has 0 bridgehead atoms. The fourth-order valence-electron chi connectivity index (χ4n) is 3.75. The molecule has 2 N–H and O–H groups in total. The number of nitro groups is 1. The standard InChI is InChI=1S/C28H18Cl2N2O5S/c29-22-10-9-19(15-23(22)30)38-26-11-8-17(14-24(26)32(36)37)27(34)21-7-2-1-6-20(21)25(33)13-16-4-3-5-18(12-16)28(31)35/h1-12,14-15H,13H2,(H2,31,35). The summed E-state index contributed by atoms with van der Waals surface area (Å²) in [6.45, 7) is 0. The molecule has 0 unspecified atom stereocenters. The maximum Gasteiger partial charge on any atom is 0.283 e. The SMILES string of the molecule is NC(=O)c1cccc(CC(=O)c2ccccc2C(=O)c2ccc(Sc3ccc(Cl)c(Cl)c3)c([N+](=O)[O-])c2)c1. The van der Waals surface area contributed by atoms with Crippen molar-refractivity contribution < 1.29 is 19.3 Å². The zero-order valence-corrected chi connectivity index (χ0v) is 21.8. The average Bonchev–Trinajstić information content (AvgIpc) is 2.90. The number of rotatable bonds is 9. The Labute approximate surface area is 231 Å². The van der Waals surface area contributed by atoms with Crippen LogP contribution in [0.1, 0.15) is 42.2 Å². The maximum absolute atomic E-state index is 13.4. The van der Waals surface area contributed by atoms with E-state index in [1.54, 1.807) is 48.5 Å². The van der Waals surface area contributed by atoms with Crippen LogP contribution in [0.5, 0.6) is 0 Å². The van der Waals surface area contributed by atoms with Crippen molar-refractivity contribution in [1.29, 1.82) is 0 Å². The van der Waals surface area contributed by atoms with Crippen molar-refractivity contribution in [3.8, 4) is 0 Å². The Bertz CT molecular complexity index is 1610. The lowest BCUT2D eigenvalue weighted by Crippen LogP contribution is -2.14. The fraction of sp³-hybridized carbons (Fsp3) is 0.0357. The molecule has 7 nitrogen and oxygen atoms in total. The zero-order valence-electron chi connectivity index (χ0n) is 19.5. The zero-order chi connectivity index (χ0) is 27.4. The Morgan fingerprint density at radius 2 is 1.55 bits per heavy atom. The van der Waals surface area contributed by atoms with Gasteiger partial charge < -0.3 is 5.73 Å². The van der Waals surface area contributed by atoms with E-state index >= 15 is 0 Å². The monoisotopic (exact) mass is 564 g/mol. The molecule has 4 aromatic rings. The Kier molecular flexibility index (Phi) is 8.26. The molecule has 0 aliphatic rings. The molecule has 0 spiro atoms. The molecule has 4 aromatic carbocycles. The minimum absolute atomic E-state index is 0.0613. The van der Waals surface area contributed by atoms with Crippen LogP contribution in [-0.2, 0) is 6.42 Å². The van der Waals surface area contributed by atoms with E-state index < -0.39 is 16.6 Å². The Morgan fingerprint density at radius 1 is 0.816 bits per heavy atom. The van der Waals surface area contributed by atoms with Crippen molar-refractivity contribution in [1.82, 2.24) is 0 Å². The number of nitro benzene ring substituents is 1. The van der Waals surface area contributed by atoms with E-state index in [-0.39, 0.29) is 40.1 Å². The highest BCUT2D eigenvalue weighted by Gasteiger charge is 2.23. The van der Waals surface area contributed by atoms with Gasteiger partial charge in [0.25, 0.3) is 5.69 Å². The number of nitrogens with zero attached hydrogens (tertiary/aromatic N) is 1. The number of amides is 1. The number of carbonyl (C=O) groups is 3. The van der Waals surface area contributed by atoms with Crippen molar-refractivity contribution in [2.24, 2.45) is 5.73 Å². The van der Waals surface area contributed by atoms with Gasteiger partial charge in [-0.05, 0) is 48.0 Å². The van der Waals surface area contributed by atoms with E-state index in [1.807, 2.05) is 0 Å². The quantitative estimate of drug-likeness (QED) is 0.135. The summed E-state index contributed by atoms with van der Waals surface area (Å²) in [6.07, 6.45) is -0.0647. The lowest BCUT2D eigenvalue weighted by atomic mass is 9.93. The third-order valence-electron chi connectivity index (χ3n) is 5.58. The van der Waals surface area contributed by atoms with E-state index in [1.165, 1.54) is 36.4 Å². The Hall–Kier alpha value is -3.98. The van der Waals surface area contributed by atoms with Gasteiger partial charge in [0, 0.05) is 39.6 Å². The second kappa shape index (κ2) is 11.6. The lowest BCUT2D eigenvalue weighted by Gasteiger charge is -2.10. The first-order chi connectivity index (χ1) is 18.1. The summed E-state index contributed by atoms with van der Waals surface area (Å²) in [5.74, 6) is -1.50. The van der Waals surface area contributed by atoms with Crippen molar-refractivity contribution >= 4 is 58.1 Å². The van der Waals surface area contributed by atoms with Crippen LogP contribution in [-0.4, -0.2) is 22.4 Å². The highest BCUT2D eigenvalue weighted by atomic mass is 35.5. The second-order valence-electron chi connectivity index (χ2n) is 8.16. The number of nitrogens with two attached hydrogens (primary N) is 1. The van der Waals surface area contributed by atoms with Crippen molar-refractivity contribution in [3.05, 3.63) is 133 Å². The Morgan fingerprint density at radius 3 is 2.24 bits per heavy atom. The van der Waals surface area contributed by atoms with Gasteiger partial charge in [-0.25, -0.2) is 0 Å². The molecule has 0 heterocycles. The van der Waals surface area contributed by atoms with Crippen LogP contribution in [0.25, 0.3) is 0 Å². The van der Waals surface area contributed by atoms with Gasteiger partial charge in [-0.3, -0.25) is 24.5 Å². The second-order valence-corrected chi connectivity index (χ2v) is 10.1. The number of carbonyl (C=O) groups excluding carboxylic acids is 3. The number of hydrogen-bond donors (Lipinski definition) is 1. The van der Waals surface area contributed by atoms with Gasteiger partial charge >= 0.3 is 0 Å². The molecule has 0 aliphatic heterocycles. The summed E-state index contributed by atoms with van der Waals surface area (Å²) < 4.78 is 0. The molecule has 0 aromatic heterocycles. The number of ketones is 2. The smallest absolute Gasteiger partial charge is 0.283 e. The van der Waals surface area contributed by atoms with E-state index in [0.717, 1.165) is 11.8 Å². The van der Waals surface area contributed by atoms with Crippen LogP contribution < -0.4 is 5.73 Å². The molecule has 0 radical (unpaired) electrons. The third kappa shape index (κ3) is 6.11. The molecule has 0 atom stereocenters. The molecule has 190 valence electrons. The van der Waals surface area contributed by atoms with Crippen LogP contribution in [0.4, 0.5) is 5.69 Å². The summed E-state index contributed by atoms with van der Waals surface area (Å²) in [5.41, 5.74) is 6.23. The molecular formula is C28H18Cl2N2O5S. The topological polar surface area (TPSA) is 120 Å². The van der Waals surface area contributed by atoms with Gasteiger partial charge in [-0.1, -0.05) is 71.4 Å². The van der Waals surface area contributed by atoms with Crippen LogP contribution in [0.3, 0.4) is 0 Å². The Balaban J connectivity index is 1.64. The van der Waals surface area contributed by atoms with Gasteiger partial charge in [0.05, 0.1) is 19.9 Å². The molecule has 0 fully saturated rings. The summed E-state index contributed by atoms with van der Waals surface area (Å²) >= 11 is 13.1. The highest BCUT2D eigenvalue weighted by molar-refractivity contribution is 7.99. The fourth-order valence-corrected chi connectivity index (χ4v) is 5.05. The minimum Gasteiger partial charge on any atom is -0.366 e. The predicted octanol–water partition coefficient (Wildman–Crippen LogP) is 6.81. The van der Waals surface area contributed by atoms with E-state index in [2.05, 4.69) is 0 Å². The minimum atomic E-state index is -0.614. The first-order valence-electron chi connectivity index (χ1n) is 11.1. The molecule has 4 rings (SSSR count). The summed E-state index contributed by atoms with van der Waals surface area (Å²) in [4.78, 5) is 50.2. The summed E-state index contributed by atoms with van der Waals surface area (Å²) in [6, 6.07) is 21.7. The number of halogens is 2. The molecule has 1 amide bonds. The van der Waals surface area contributed by atoms with Crippen LogP contribution in [0.15, 0.2) is 94.7 Å². The number of hydrogen-bond acceptors (Lipinski definition) is 6. The number of benzene rings is 4. The van der Waals surface area contributed by atoms with Gasteiger partial charge in [-0.15, -0.1) is 0 Å².